The highest BCUT2D eigenvalue weighted by molar-refractivity contribution is 7.13. The average Bonchev–Trinajstić information content (AvgIpc) is 3.62. The topological polar surface area (TPSA) is 3.24 Å². The van der Waals surface area contributed by atoms with Crippen LogP contribution in [0.15, 0.2) is 115 Å². The molecule has 0 atom stereocenters. The molecule has 6 rings (SSSR count). The molecular formula is C37H37NS. The summed E-state index contributed by atoms with van der Waals surface area (Å²) < 4.78 is 0. The molecule has 2 heteroatoms. The number of hydrogen-bond donors (Lipinski definition) is 0. The monoisotopic (exact) mass is 527 g/mol. The first-order chi connectivity index (χ1) is 19.2. The maximum atomic E-state index is 2.53. The zero-order valence-electron chi connectivity index (χ0n) is 23.1. The summed E-state index contributed by atoms with van der Waals surface area (Å²) in [5, 5.41) is 2.19. The van der Waals surface area contributed by atoms with Crippen LogP contribution in [-0.2, 0) is 5.41 Å². The van der Waals surface area contributed by atoms with Crippen molar-refractivity contribution < 1.29 is 0 Å². The fourth-order valence-electron chi connectivity index (χ4n) is 6.44. The number of para-hydroxylation sites is 2. The van der Waals surface area contributed by atoms with E-state index in [4.69, 9.17) is 0 Å². The predicted octanol–water partition coefficient (Wildman–Crippen LogP) is 11.5. The second kappa shape index (κ2) is 11.2. The van der Waals surface area contributed by atoms with Crippen LogP contribution in [0.2, 0.25) is 0 Å². The molecule has 0 saturated carbocycles. The van der Waals surface area contributed by atoms with Gasteiger partial charge in [-0.15, -0.1) is 11.3 Å². The fourth-order valence-corrected chi connectivity index (χ4v) is 7.16. The molecule has 196 valence electrons. The van der Waals surface area contributed by atoms with E-state index in [0.29, 0.717) is 0 Å². The molecule has 0 radical (unpaired) electrons. The van der Waals surface area contributed by atoms with E-state index in [0.717, 1.165) is 0 Å². The molecule has 0 unspecified atom stereocenters. The quantitative estimate of drug-likeness (QED) is 0.174. The second-order valence-corrected chi connectivity index (χ2v) is 11.7. The van der Waals surface area contributed by atoms with Gasteiger partial charge in [0.25, 0.3) is 0 Å². The summed E-state index contributed by atoms with van der Waals surface area (Å²) in [6.45, 7) is 4.66. The Morgan fingerprint density at radius 2 is 1.18 bits per heavy atom. The molecule has 1 heterocycles. The van der Waals surface area contributed by atoms with E-state index < -0.39 is 0 Å². The first-order valence-electron chi connectivity index (χ1n) is 14.5. The van der Waals surface area contributed by atoms with E-state index in [-0.39, 0.29) is 5.41 Å². The van der Waals surface area contributed by atoms with Gasteiger partial charge in [-0.25, -0.2) is 0 Å². The molecule has 1 aliphatic carbocycles. The molecule has 0 N–H and O–H groups in total. The van der Waals surface area contributed by atoms with Gasteiger partial charge >= 0.3 is 0 Å². The van der Waals surface area contributed by atoms with Crippen LogP contribution in [-0.4, -0.2) is 0 Å². The minimum absolute atomic E-state index is 0.0407. The summed E-state index contributed by atoms with van der Waals surface area (Å²) in [7, 11) is 0. The van der Waals surface area contributed by atoms with Gasteiger partial charge in [0.1, 0.15) is 0 Å². The molecule has 0 fully saturated rings. The van der Waals surface area contributed by atoms with Crippen molar-refractivity contribution in [1.82, 2.24) is 0 Å². The Bertz CT molecular complexity index is 1470. The van der Waals surface area contributed by atoms with Crippen molar-refractivity contribution in [2.24, 2.45) is 0 Å². The highest BCUT2D eigenvalue weighted by Crippen LogP contribution is 2.56. The van der Waals surface area contributed by atoms with Crippen LogP contribution in [0, 0.1) is 0 Å². The lowest BCUT2D eigenvalue weighted by Gasteiger charge is -2.34. The molecule has 39 heavy (non-hydrogen) atoms. The Morgan fingerprint density at radius 1 is 0.590 bits per heavy atom. The van der Waals surface area contributed by atoms with E-state index >= 15 is 0 Å². The number of rotatable bonds is 10. The van der Waals surface area contributed by atoms with Gasteiger partial charge in [0.05, 0.1) is 0 Å². The Labute approximate surface area is 237 Å². The third-order valence-corrected chi connectivity index (χ3v) is 9.27. The van der Waals surface area contributed by atoms with Crippen molar-refractivity contribution in [2.75, 3.05) is 4.90 Å². The van der Waals surface area contributed by atoms with Gasteiger partial charge in [-0.1, -0.05) is 100 Å². The second-order valence-electron chi connectivity index (χ2n) is 10.8. The van der Waals surface area contributed by atoms with Gasteiger partial charge in [-0.05, 0) is 94.6 Å². The standard InChI is InChI=1S/C37H37NS/c1-3-5-23-37(24-6-4-2)34-26-28(36-18-13-25-39-36)19-21-32(34)33-22-20-31(27-35(33)37)38(29-14-9-7-10-15-29)30-16-11-8-12-17-30/h7-22,25-27H,3-6,23-24H2,1-2H3. The van der Waals surface area contributed by atoms with E-state index in [1.807, 2.05) is 11.3 Å². The Kier molecular flexibility index (Phi) is 7.39. The van der Waals surface area contributed by atoms with Crippen LogP contribution in [0.1, 0.15) is 63.5 Å². The Balaban J connectivity index is 1.55. The van der Waals surface area contributed by atoms with Crippen molar-refractivity contribution in [1.29, 1.82) is 0 Å². The van der Waals surface area contributed by atoms with Crippen LogP contribution < -0.4 is 4.90 Å². The van der Waals surface area contributed by atoms with Gasteiger partial charge in [-0.3, -0.25) is 0 Å². The highest BCUT2D eigenvalue weighted by atomic mass is 32.1. The molecule has 1 aromatic heterocycles. The maximum absolute atomic E-state index is 2.53. The SMILES string of the molecule is CCCCC1(CCCC)c2cc(-c3cccs3)ccc2-c2ccc(N(c3ccccc3)c3ccccc3)cc21. The van der Waals surface area contributed by atoms with E-state index in [1.165, 1.54) is 88.3 Å². The smallest absolute Gasteiger partial charge is 0.0465 e. The lowest BCUT2D eigenvalue weighted by Crippen LogP contribution is -2.26. The normalized spacial score (nSPS) is 13.2. The van der Waals surface area contributed by atoms with E-state index in [9.17, 15) is 0 Å². The summed E-state index contributed by atoms with van der Waals surface area (Å²) in [4.78, 5) is 3.76. The van der Waals surface area contributed by atoms with Crippen molar-refractivity contribution >= 4 is 28.4 Å². The van der Waals surface area contributed by atoms with Crippen molar-refractivity contribution in [3.8, 4) is 21.6 Å². The summed E-state index contributed by atoms with van der Waals surface area (Å²) >= 11 is 1.84. The number of unbranched alkanes of at least 4 members (excludes halogenated alkanes) is 2. The van der Waals surface area contributed by atoms with Gasteiger partial charge in [0.15, 0.2) is 0 Å². The van der Waals surface area contributed by atoms with Crippen LogP contribution in [0.4, 0.5) is 17.1 Å². The number of nitrogens with zero attached hydrogens (tertiary/aromatic N) is 1. The number of benzene rings is 4. The van der Waals surface area contributed by atoms with Gasteiger partial charge in [0, 0.05) is 27.4 Å². The molecule has 1 aliphatic rings. The summed E-state index contributed by atoms with van der Waals surface area (Å²) in [6, 6.07) is 40.5. The lowest BCUT2D eigenvalue weighted by molar-refractivity contribution is 0.414. The third kappa shape index (κ3) is 4.72. The molecule has 0 saturated heterocycles. The fraction of sp³-hybridized carbons (Fsp3) is 0.243. The van der Waals surface area contributed by atoms with Crippen LogP contribution in [0.5, 0.6) is 0 Å². The minimum Gasteiger partial charge on any atom is -0.310 e. The molecule has 0 amide bonds. The molecule has 0 aliphatic heterocycles. The van der Waals surface area contributed by atoms with E-state index in [2.05, 4.69) is 133 Å². The zero-order chi connectivity index (χ0) is 26.7. The number of fused-ring (bicyclic) bond motifs is 3. The third-order valence-electron chi connectivity index (χ3n) is 8.35. The van der Waals surface area contributed by atoms with Gasteiger partial charge in [-0.2, -0.15) is 0 Å². The summed E-state index contributed by atoms with van der Waals surface area (Å²) in [5.41, 5.74) is 10.9. The molecule has 1 nitrogen and oxygen atoms in total. The first-order valence-corrected chi connectivity index (χ1v) is 15.4. The Morgan fingerprint density at radius 3 is 1.74 bits per heavy atom. The van der Waals surface area contributed by atoms with E-state index in [1.54, 1.807) is 0 Å². The maximum Gasteiger partial charge on any atom is 0.0465 e. The molecule has 0 spiro atoms. The van der Waals surface area contributed by atoms with Gasteiger partial charge in [0.2, 0.25) is 0 Å². The largest absolute Gasteiger partial charge is 0.310 e. The van der Waals surface area contributed by atoms with Crippen molar-refractivity contribution in [3.63, 3.8) is 0 Å². The predicted molar refractivity (Wildman–Crippen MR) is 170 cm³/mol. The molecule has 5 aromatic rings. The number of hydrogen-bond acceptors (Lipinski definition) is 2. The number of anilines is 3. The summed E-state index contributed by atoms with van der Waals surface area (Å²) in [5.74, 6) is 0. The molecule has 4 aromatic carbocycles. The van der Waals surface area contributed by atoms with Crippen molar-refractivity contribution in [2.45, 2.75) is 57.8 Å². The van der Waals surface area contributed by atoms with Crippen molar-refractivity contribution in [3.05, 3.63) is 126 Å². The molecular weight excluding hydrogens is 490 g/mol. The van der Waals surface area contributed by atoms with Crippen LogP contribution in [0.25, 0.3) is 21.6 Å². The highest BCUT2D eigenvalue weighted by Gasteiger charge is 2.42. The zero-order valence-corrected chi connectivity index (χ0v) is 23.9. The minimum atomic E-state index is 0.0407. The summed E-state index contributed by atoms with van der Waals surface area (Å²) in [6.07, 6.45) is 7.27. The first kappa shape index (κ1) is 25.6. The van der Waals surface area contributed by atoms with Crippen LogP contribution >= 0.6 is 11.3 Å². The lowest BCUT2D eigenvalue weighted by atomic mass is 9.70. The molecule has 0 bridgehead atoms. The van der Waals surface area contributed by atoms with Gasteiger partial charge < -0.3 is 4.90 Å². The average molecular weight is 528 g/mol. The van der Waals surface area contributed by atoms with Crippen LogP contribution in [0.3, 0.4) is 0 Å². The number of thiophene rings is 1. The Hall–Kier alpha value is -3.62.